The van der Waals surface area contributed by atoms with Crippen LogP contribution in [0.3, 0.4) is 0 Å². The second-order valence-electron chi connectivity index (χ2n) is 3.07. The van der Waals surface area contributed by atoms with Crippen molar-refractivity contribution in [3.8, 4) is 0 Å². The lowest BCUT2D eigenvalue weighted by Gasteiger charge is -2.06. The fraction of sp³-hybridized carbons (Fsp3) is 0.0909. The van der Waals surface area contributed by atoms with E-state index in [0.29, 0.717) is 0 Å². The number of nitrogens with one attached hydrogen (secondary N) is 1. The molecule has 0 aliphatic heterocycles. The minimum atomic E-state index is 0.763. The summed E-state index contributed by atoms with van der Waals surface area (Å²) in [6.07, 6.45) is 0. The van der Waals surface area contributed by atoms with Crippen LogP contribution >= 0.6 is 0 Å². The molecule has 0 saturated heterocycles. The largest absolute Gasteiger partial charge is 0.291 e. The highest BCUT2D eigenvalue weighted by Gasteiger charge is 2.00. The van der Waals surface area contributed by atoms with Crippen molar-refractivity contribution in [2.75, 3.05) is 5.48 Å². The van der Waals surface area contributed by atoms with E-state index in [1.807, 2.05) is 37.3 Å². The van der Waals surface area contributed by atoms with Crippen LogP contribution in [-0.2, 0) is 0 Å². The van der Waals surface area contributed by atoms with Crippen molar-refractivity contribution < 1.29 is 5.21 Å². The van der Waals surface area contributed by atoms with E-state index in [1.165, 1.54) is 10.8 Å². The van der Waals surface area contributed by atoms with E-state index in [2.05, 4.69) is 11.5 Å². The standard InChI is InChI=1S/C11H11NO/c1-8-10-5-3-2-4-9(10)6-7-11(8)12-13/h2-7,12-13H,1H3. The number of anilines is 1. The van der Waals surface area contributed by atoms with Crippen molar-refractivity contribution in [2.45, 2.75) is 6.92 Å². The molecule has 2 nitrogen and oxygen atoms in total. The second kappa shape index (κ2) is 3.07. The number of hydrogen-bond donors (Lipinski definition) is 2. The summed E-state index contributed by atoms with van der Waals surface area (Å²) in [7, 11) is 0. The average Bonchev–Trinajstić information content (AvgIpc) is 2.19. The van der Waals surface area contributed by atoms with Crippen LogP contribution < -0.4 is 5.48 Å². The van der Waals surface area contributed by atoms with Gasteiger partial charge in [0.2, 0.25) is 0 Å². The van der Waals surface area contributed by atoms with Gasteiger partial charge in [0, 0.05) is 0 Å². The van der Waals surface area contributed by atoms with E-state index in [9.17, 15) is 0 Å². The molecule has 0 unspecified atom stereocenters. The molecule has 2 heteroatoms. The topological polar surface area (TPSA) is 32.3 Å². The molecular weight excluding hydrogens is 162 g/mol. The number of aryl methyl sites for hydroxylation is 1. The molecule has 0 spiro atoms. The summed E-state index contributed by atoms with van der Waals surface area (Å²) in [4.78, 5) is 0. The van der Waals surface area contributed by atoms with Crippen molar-refractivity contribution in [3.63, 3.8) is 0 Å². The van der Waals surface area contributed by atoms with Crippen molar-refractivity contribution >= 4 is 16.5 Å². The van der Waals surface area contributed by atoms with E-state index in [4.69, 9.17) is 5.21 Å². The van der Waals surface area contributed by atoms with E-state index >= 15 is 0 Å². The zero-order valence-corrected chi connectivity index (χ0v) is 7.41. The fourth-order valence-electron chi connectivity index (χ4n) is 1.55. The lowest BCUT2D eigenvalue weighted by atomic mass is 10.0. The molecule has 66 valence electrons. The maximum Gasteiger partial charge on any atom is 0.0637 e. The molecule has 0 aliphatic carbocycles. The van der Waals surface area contributed by atoms with Gasteiger partial charge in [-0.05, 0) is 29.3 Å². The van der Waals surface area contributed by atoms with Gasteiger partial charge in [-0.2, -0.15) is 0 Å². The van der Waals surface area contributed by atoms with Crippen LogP contribution in [0.2, 0.25) is 0 Å². The van der Waals surface area contributed by atoms with Crippen LogP contribution in [0.4, 0.5) is 5.69 Å². The van der Waals surface area contributed by atoms with Gasteiger partial charge in [-0.1, -0.05) is 30.3 Å². The van der Waals surface area contributed by atoms with Crippen LogP contribution in [-0.4, -0.2) is 5.21 Å². The summed E-state index contributed by atoms with van der Waals surface area (Å²) in [5, 5.41) is 11.2. The van der Waals surface area contributed by atoms with E-state index in [1.54, 1.807) is 0 Å². The minimum absolute atomic E-state index is 0.763. The van der Waals surface area contributed by atoms with E-state index in [0.717, 1.165) is 11.3 Å². The third-order valence-corrected chi connectivity index (χ3v) is 2.32. The monoisotopic (exact) mass is 173 g/mol. The number of hydrogen-bond acceptors (Lipinski definition) is 2. The van der Waals surface area contributed by atoms with Crippen LogP contribution in [0.25, 0.3) is 10.8 Å². The van der Waals surface area contributed by atoms with Gasteiger partial charge in [-0.25, -0.2) is 0 Å². The first-order valence-electron chi connectivity index (χ1n) is 4.21. The number of benzene rings is 2. The molecule has 13 heavy (non-hydrogen) atoms. The summed E-state index contributed by atoms with van der Waals surface area (Å²) in [5.74, 6) is 0. The molecule has 0 saturated carbocycles. The predicted octanol–water partition coefficient (Wildman–Crippen LogP) is 2.95. The highest BCUT2D eigenvalue weighted by Crippen LogP contribution is 2.24. The SMILES string of the molecule is Cc1c(NO)ccc2ccccc12. The van der Waals surface area contributed by atoms with Crippen molar-refractivity contribution in [2.24, 2.45) is 0 Å². The molecule has 2 aromatic carbocycles. The van der Waals surface area contributed by atoms with Crippen molar-refractivity contribution in [3.05, 3.63) is 42.0 Å². The van der Waals surface area contributed by atoms with Crippen LogP contribution in [0, 0.1) is 6.92 Å². The normalized spacial score (nSPS) is 10.3. The average molecular weight is 173 g/mol. The highest BCUT2D eigenvalue weighted by atomic mass is 16.5. The molecule has 0 bridgehead atoms. The van der Waals surface area contributed by atoms with Gasteiger partial charge in [-0.15, -0.1) is 0 Å². The Bertz CT molecular complexity index is 437. The lowest BCUT2D eigenvalue weighted by molar-refractivity contribution is 0.388. The fourth-order valence-corrected chi connectivity index (χ4v) is 1.55. The zero-order valence-electron chi connectivity index (χ0n) is 7.41. The summed E-state index contributed by atoms with van der Waals surface area (Å²) in [6.45, 7) is 1.99. The zero-order chi connectivity index (χ0) is 9.26. The molecule has 2 aromatic rings. The van der Waals surface area contributed by atoms with Gasteiger partial charge in [-0.3, -0.25) is 10.7 Å². The quantitative estimate of drug-likeness (QED) is 0.650. The van der Waals surface area contributed by atoms with Crippen LogP contribution in [0.5, 0.6) is 0 Å². The maximum atomic E-state index is 8.83. The van der Waals surface area contributed by atoms with Crippen LogP contribution in [0.15, 0.2) is 36.4 Å². The summed E-state index contributed by atoms with van der Waals surface area (Å²) in [6, 6.07) is 12.0. The molecule has 2 rings (SSSR count). The van der Waals surface area contributed by atoms with E-state index < -0.39 is 0 Å². The Kier molecular flexibility index (Phi) is 1.91. The van der Waals surface area contributed by atoms with Gasteiger partial charge in [0.1, 0.15) is 0 Å². The van der Waals surface area contributed by atoms with Gasteiger partial charge in [0.15, 0.2) is 0 Å². The number of fused-ring (bicyclic) bond motifs is 1. The molecule has 0 heterocycles. The summed E-state index contributed by atoms with van der Waals surface area (Å²) < 4.78 is 0. The molecule has 0 radical (unpaired) electrons. The first-order chi connectivity index (χ1) is 6.33. The first kappa shape index (κ1) is 8.08. The Hall–Kier alpha value is -1.54. The lowest BCUT2D eigenvalue weighted by Crippen LogP contribution is -1.92. The maximum absolute atomic E-state index is 8.83. The molecule has 0 fully saturated rings. The van der Waals surface area contributed by atoms with Gasteiger partial charge >= 0.3 is 0 Å². The Morgan fingerprint density at radius 1 is 1.08 bits per heavy atom. The van der Waals surface area contributed by atoms with Crippen LogP contribution in [0.1, 0.15) is 5.56 Å². The van der Waals surface area contributed by atoms with E-state index in [-0.39, 0.29) is 0 Å². The van der Waals surface area contributed by atoms with Gasteiger partial charge < -0.3 is 0 Å². The molecule has 0 amide bonds. The molecule has 2 N–H and O–H groups in total. The molecular formula is C11H11NO. The third kappa shape index (κ3) is 1.25. The summed E-state index contributed by atoms with van der Waals surface area (Å²) >= 11 is 0. The van der Waals surface area contributed by atoms with Gasteiger partial charge in [0.25, 0.3) is 0 Å². The molecule has 0 aromatic heterocycles. The Labute approximate surface area is 76.8 Å². The second-order valence-corrected chi connectivity index (χ2v) is 3.07. The highest BCUT2D eigenvalue weighted by molar-refractivity contribution is 5.89. The Morgan fingerprint density at radius 2 is 1.85 bits per heavy atom. The number of rotatable bonds is 1. The molecule has 0 atom stereocenters. The predicted molar refractivity (Wildman–Crippen MR) is 54.1 cm³/mol. The van der Waals surface area contributed by atoms with Crippen molar-refractivity contribution in [1.82, 2.24) is 0 Å². The minimum Gasteiger partial charge on any atom is -0.291 e. The summed E-state index contributed by atoms with van der Waals surface area (Å²) in [5.41, 5.74) is 4.02. The first-order valence-corrected chi connectivity index (χ1v) is 4.21. The van der Waals surface area contributed by atoms with Gasteiger partial charge in [0.05, 0.1) is 5.69 Å². The van der Waals surface area contributed by atoms with Crippen molar-refractivity contribution in [1.29, 1.82) is 0 Å². The Balaban J connectivity index is 2.79. The molecule has 0 aliphatic rings. The smallest absolute Gasteiger partial charge is 0.0637 e. The third-order valence-electron chi connectivity index (χ3n) is 2.32. The Morgan fingerprint density at radius 3 is 2.62 bits per heavy atom.